The topological polar surface area (TPSA) is 41.6 Å². The first-order valence-electron chi connectivity index (χ1n) is 14.1. The molecule has 0 bridgehead atoms. The van der Waals surface area contributed by atoms with E-state index in [2.05, 4.69) is 38.2 Å². The van der Waals surface area contributed by atoms with E-state index < -0.39 is 0 Å². The maximum absolute atomic E-state index is 12.3. The molecule has 0 radical (unpaired) electrons. The number of rotatable bonds is 25. The highest BCUT2D eigenvalue weighted by molar-refractivity contribution is 5.69. The molecule has 0 aliphatic rings. The van der Waals surface area contributed by atoms with Crippen LogP contribution in [0.2, 0.25) is 0 Å². The molecule has 4 nitrogen and oxygen atoms in total. The average Bonchev–Trinajstić information content (AvgIpc) is 2.77. The fourth-order valence-electron chi connectivity index (χ4n) is 4.15. The van der Waals surface area contributed by atoms with E-state index in [1.54, 1.807) is 0 Å². The molecule has 192 valence electrons. The van der Waals surface area contributed by atoms with E-state index >= 15 is 0 Å². The Balaban J connectivity index is 3.66. The summed E-state index contributed by atoms with van der Waals surface area (Å²) in [5.41, 5.74) is 0. The lowest BCUT2D eigenvalue weighted by Crippen LogP contribution is -2.22. The highest BCUT2D eigenvalue weighted by Crippen LogP contribution is 2.17. The van der Waals surface area contributed by atoms with E-state index in [0.717, 1.165) is 38.8 Å². The van der Waals surface area contributed by atoms with E-state index in [1.807, 2.05) is 0 Å². The lowest BCUT2D eigenvalue weighted by Gasteiger charge is -2.18. The second kappa shape index (κ2) is 25.0. The summed E-state index contributed by atoms with van der Waals surface area (Å²) >= 11 is 0. The largest absolute Gasteiger partial charge is 0.462 e. The van der Waals surface area contributed by atoms with Crippen molar-refractivity contribution in [3.8, 4) is 0 Å². The summed E-state index contributed by atoms with van der Waals surface area (Å²) in [5.74, 6) is 0.0429. The van der Waals surface area contributed by atoms with Crippen molar-refractivity contribution in [2.75, 3.05) is 33.7 Å². The second-order valence-corrected chi connectivity index (χ2v) is 9.94. The van der Waals surface area contributed by atoms with Crippen LogP contribution in [-0.4, -0.2) is 50.7 Å². The molecule has 4 heteroatoms. The van der Waals surface area contributed by atoms with Crippen LogP contribution in [0.15, 0.2) is 0 Å². The molecular weight excluding hydrogens is 396 g/mol. The molecule has 0 fully saturated rings. The summed E-state index contributed by atoms with van der Waals surface area (Å²) in [6, 6.07) is 0. The summed E-state index contributed by atoms with van der Waals surface area (Å²) in [6.07, 6.45) is 22.8. The standard InChI is InChI=1S/C28H58N2O2/c1-5-7-9-16-21-27(22-17-10-8-6-2)32-28(31)23-18-14-12-11-13-15-19-24-29-25-20-26-30(3)4/h27,29H,5-26H2,1-4H3. The van der Waals surface area contributed by atoms with Crippen molar-refractivity contribution in [3.05, 3.63) is 0 Å². The van der Waals surface area contributed by atoms with Gasteiger partial charge in [-0.15, -0.1) is 0 Å². The molecule has 0 amide bonds. The van der Waals surface area contributed by atoms with Gasteiger partial charge < -0.3 is 15.0 Å². The van der Waals surface area contributed by atoms with Crippen LogP contribution in [0, 0.1) is 0 Å². The van der Waals surface area contributed by atoms with Gasteiger partial charge >= 0.3 is 5.97 Å². The van der Waals surface area contributed by atoms with E-state index in [-0.39, 0.29) is 12.1 Å². The number of carbonyl (C=O) groups is 1. The summed E-state index contributed by atoms with van der Waals surface area (Å²) in [4.78, 5) is 14.6. The molecule has 0 aromatic rings. The molecule has 0 aromatic carbocycles. The predicted molar refractivity (Wildman–Crippen MR) is 140 cm³/mol. The Morgan fingerprint density at radius 3 is 1.75 bits per heavy atom. The summed E-state index contributed by atoms with van der Waals surface area (Å²) < 4.78 is 5.88. The molecule has 0 unspecified atom stereocenters. The zero-order valence-corrected chi connectivity index (χ0v) is 22.4. The molecule has 0 aromatic heterocycles. The number of carbonyl (C=O) groups excluding carboxylic acids is 1. The Bertz CT molecular complexity index is 376. The van der Waals surface area contributed by atoms with Crippen LogP contribution < -0.4 is 5.32 Å². The third-order valence-corrected chi connectivity index (χ3v) is 6.25. The van der Waals surface area contributed by atoms with Crippen LogP contribution in [-0.2, 0) is 9.53 Å². The number of esters is 1. The normalized spacial score (nSPS) is 11.6. The van der Waals surface area contributed by atoms with E-state index in [4.69, 9.17) is 4.74 Å². The van der Waals surface area contributed by atoms with Gasteiger partial charge in [0.1, 0.15) is 6.10 Å². The first-order chi connectivity index (χ1) is 15.6. The number of hydrogen-bond donors (Lipinski definition) is 1. The third-order valence-electron chi connectivity index (χ3n) is 6.25. The molecule has 0 heterocycles. The van der Waals surface area contributed by atoms with Gasteiger partial charge in [-0.3, -0.25) is 4.79 Å². The molecule has 0 spiro atoms. The number of nitrogens with one attached hydrogen (secondary N) is 1. The zero-order valence-electron chi connectivity index (χ0n) is 22.4. The molecule has 0 saturated heterocycles. The molecule has 0 saturated carbocycles. The molecule has 32 heavy (non-hydrogen) atoms. The van der Waals surface area contributed by atoms with Gasteiger partial charge in [0.15, 0.2) is 0 Å². The summed E-state index contributed by atoms with van der Waals surface area (Å²) in [5, 5.41) is 3.54. The fourth-order valence-corrected chi connectivity index (χ4v) is 4.15. The number of hydrogen-bond acceptors (Lipinski definition) is 4. The lowest BCUT2D eigenvalue weighted by molar-refractivity contribution is -0.150. The van der Waals surface area contributed by atoms with Gasteiger partial charge in [0.05, 0.1) is 0 Å². The number of nitrogens with zero attached hydrogens (tertiary/aromatic N) is 1. The minimum absolute atomic E-state index is 0.0429. The highest BCUT2D eigenvalue weighted by atomic mass is 16.5. The van der Waals surface area contributed by atoms with Gasteiger partial charge in [-0.1, -0.05) is 84.5 Å². The third kappa shape index (κ3) is 24.0. The molecule has 0 aliphatic carbocycles. The summed E-state index contributed by atoms with van der Waals surface area (Å²) in [6.45, 7) is 7.94. The first kappa shape index (κ1) is 31.4. The van der Waals surface area contributed by atoms with Crippen LogP contribution >= 0.6 is 0 Å². The van der Waals surface area contributed by atoms with Gasteiger partial charge in [-0.05, 0) is 78.7 Å². The van der Waals surface area contributed by atoms with Crippen LogP contribution in [0.3, 0.4) is 0 Å². The Morgan fingerprint density at radius 2 is 1.19 bits per heavy atom. The van der Waals surface area contributed by atoms with E-state index in [0.29, 0.717) is 6.42 Å². The zero-order chi connectivity index (χ0) is 23.7. The monoisotopic (exact) mass is 454 g/mol. The van der Waals surface area contributed by atoms with Crippen LogP contribution in [0.1, 0.15) is 136 Å². The van der Waals surface area contributed by atoms with Crippen molar-refractivity contribution >= 4 is 5.97 Å². The van der Waals surface area contributed by atoms with Crippen molar-refractivity contribution in [3.63, 3.8) is 0 Å². The Morgan fingerprint density at radius 1 is 0.688 bits per heavy atom. The van der Waals surface area contributed by atoms with Gasteiger partial charge in [-0.25, -0.2) is 0 Å². The minimum atomic E-state index is 0.0429. The molecule has 0 rings (SSSR count). The summed E-state index contributed by atoms with van der Waals surface area (Å²) in [7, 11) is 4.26. The van der Waals surface area contributed by atoms with Crippen molar-refractivity contribution in [2.45, 2.75) is 142 Å². The van der Waals surface area contributed by atoms with E-state index in [9.17, 15) is 4.79 Å². The van der Waals surface area contributed by atoms with Crippen molar-refractivity contribution in [1.82, 2.24) is 10.2 Å². The van der Waals surface area contributed by atoms with Gasteiger partial charge in [0, 0.05) is 6.42 Å². The molecule has 0 atom stereocenters. The molecule has 1 N–H and O–H groups in total. The van der Waals surface area contributed by atoms with Crippen LogP contribution in [0.25, 0.3) is 0 Å². The van der Waals surface area contributed by atoms with E-state index in [1.165, 1.54) is 96.4 Å². The Kier molecular flexibility index (Phi) is 24.5. The van der Waals surface area contributed by atoms with Crippen LogP contribution in [0.4, 0.5) is 0 Å². The smallest absolute Gasteiger partial charge is 0.306 e. The maximum Gasteiger partial charge on any atom is 0.306 e. The minimum Gasteiger partial charge on any atom is -0.462 e. The number of unbranched alkanes of at least 4 members (excludes halogenated alkanes) is 12. The predicted octanol–water partition coefficient (Wildman–Crippen LogP) is 7.50. The second-order valence-electron chi connectivity index (χ2n) is 9.94. The SMILES string of the molecule is CCCCCCC(CCCCCC)OC(=O)CCCCCCCCCNCCCN(C)C. The quantitative estimate of drug-likeness (QED) is 0.114. The molecule has 0 aliphatic heterocycles. The lowest BCUT2D eigenvalue weighted by atomic mass is 10.0. The fraction of sp³-hybridized carbons (Fsp3) is 0.964. The number of ether oxygens (including phenoxy) is 1. The average molecular weight is 455 g/mol. The van der Waals surface area contributed by atoms with Crippen molar-refractivity contribution in [1.29, 1.82) is 0 Å². The Hall–Kier alpha value is -0.610. The molecular formula is C28H58N2O2. The van der Waals surface area contributed by atoms with Gasteiger partial charge in [-0.2, -0.15) is 0 Å². The van der Waals surface area contributed by atoms with Gasteiger partial charge in [0.25, 0.3) is 0 Å². The van der Waals surface area contributed by atoms with Gasteiger partial charge in [0.2, 0.25) is 0 Å². The Labute approximate surface area is 201 Å². The van der Waals surface area contributed by atoms with Crippen molar-refractivity contribution in [2.24, 2.45) is 0 Å². The highest BCUT2D eigenvalue weighted by Gasteiger charge is 2.14. The maximum atomic E-state index is 12.3. The first-order valence-corrected chi connectivity index (χ1v) is 14.1. The van der Waals surface area contributed by atoms with Crippen molar-refractivity contribution < 1.29 is 9.53 Å². The van der Waals surface area contributed by atoms with Crippen LogP contribution in [0.5, 0.6) is 0 Å².